The molecule has 3 rings (SSSR count). The van der Waals surface area contributed by atoms with Gasteiger partial charge in [-0.05, 0) is 19.1 Å². The first-order chi connectivity index (χ1) is 16.0. The lowest BCUT2D eigenvalue weighted by Gasteiger charge is -2.31. The van der Waals surface area contributed by atoms with E-state index >= 15 is 0 Å². The van der Waals surface area contributed by atoms with Crippen LogP contribution in [-0.4, -0.2) is 58.1 Å². The van der Waals surface area contributed by atoms with Crippen LogP contribution in [0.25, 0.3) is 5.52 Å². The number of ether oxygens (including phenoxy) is 1. The summed E-state index contributed by atoms with van der Waals surface area (Å²) in [6, 6.07) is 6.39. The lowest BCUT2D eigenvalue weighted by atomic mass is 9.71. The third kappa shape index (κ3) is 5.02. The number of nitrogens with zero attached hydrogens (tertiary/aromatic N) is 5. The molecule has 7 N–H and O–H groups in total. The van der Waals surface area contributed by atoms with Crippen LogP contribution in [0.1, 0.15) is 12.6 Å². The Hall–Kier alpha value is -2.27. The first-order valence-corrected chi connectivity index (χ1v) is 13.6. The molecule has 0 saturated carbocycles. The number of hydrogen-bond acceptors (Lipinski definition) is 13. The van der Waals surface area contributed by atoms with E-state index in [1.54, 1.807) is 6.07 Å². The maximum Gasteiger partial charge on any atom is 0.490 e. The van der Waals surface area contributed by atoms with Gasteiger partial charge in [-0.15, -0.1) is 0 Å². The topological polar surface area (TPSA) is 293 Å². The standard InChI is InChI=1S/C14H17N6O12P3/c1-13(5-15)11(21)9(4-29-34(25,26)32-35(27,28)31-33(22,23)24)30-14(13,6-16)10-3-2-8-12(17)18-7-19-20(8)10/h2-3,7,9,11,21H,4H2,1H3,(H,25,26)(H,27,28)(H2,17,18,19)(H2,22,23,24)/t9-,11-,13-,14+/m1/s1. The molecule has 3 heterocycles. The summed E-state index contributed by atoms with van der Waals surface area (Å²) in [4.78, 5) is 39.8. The van der Waals surface area contributed by atoms with Gasteiger partial charge in [0.05, 0.1) is 18.4 Å². The lowest BCUT2D eigenvalue weighted by molar-refractivity contribution is -0.0574. The van der Waals surface area contributed by atoms with E-state index in [4.69, 9.17) is 20.3 Å². The van der Waals surface area contributed by atoms with Crippen molar-refractivity contribution in [2.75, 3.05) is 12.3 Å². The second-order valence-electron chi connectivity index (χ2n) is 7.26. The van der Waals surface area contributed by atoms with Crippen molar-refractivity contribution in [2.24, 2.45) is 5.41 Å². The molecule has 2 unspecified atom stereocenters. The zero-order valence-electron chi connectivity index (χ0n) is 17.3. The number of hydrogen-bond donors (Lipinski definition) is 6. The quantitative estimate of drug-likeness (QED) is 0.227. The van der Waals surface area contributed by atoms with Crippen LogP contribution in [0.15, 0.2) is 18.5 Å². The molecule has 2 aromatic rings. The third-order valence-corrected chi connectivity index (χ3v) is 8.86. The van der Waals surface area contributed by atoms with Crippen LogP contribution < -0.4 is 5.73 Å². The van der Waals surface area contributed by atoms with Gasteiger partial charge in [-0.3, -0.25) is 4.52 Å². The van der Waals surface area contributed by atoms with Crippen LogP contribution in [-0.2, 0) is 37.2 Å². The predicted molar refractivity (Wildman–Crippen MR) is 109 cm³/mol. The molecule has 0 aromatic carbocycles. The number of anilines is 1. The molecule has 2 aromatic heterocycles. The van der Waals surface area contributed by atoms with E-state index in [2.05, 4.69) is 23.2 Å². The molecule has 0 bridgehead atoms. The number of aliphatic hydroxyl groups is 1. The summed E-state index contributed by atoms with van der Waals surface area (Å²) in [5, 5.41) is 34.7. The highest BCUT2D eigenvalue weighted by Gasteiger charge is 2.67. The number of phosphoric acid groups is 3. The SMILES string of the molecule is C[C@@]1(C#N)[C@H](O)[C@@H](COP(=O)(O)OP(=O)(O)OP(=O)(O)O)O[C@@]1(C#N)c1ccc2c(N)ncnn12. The van der Waals surface area contributed by atoms with Crippen LogP contribution in [0.4, 0.5) is 5.82 Å². The van der Waals surface area contributed by atoms with Crippen molar-refractivity contribution in [2.45, 2.75) is 24.7 Å². The van der Waals surface area contributed by atoms with E-state index in [1.165, 1.54) is 19.1 Å². The Morgan fingerprint density at radius 2 is 1.83 bits per heavy atom. The average Bonchev–Trinajstić information content (AvgIpc) is 3.24. The summed E-state index contributed by atoms with van der Waals surface area (Å²) in [5.41, 5.74) is 1.72. The monoisotopic (exact) mass is 554 g/mol. The van der Waals surface area contributed by atoms with E-state index < -0.39 is 53.3 Å². The van der Waals surface area contributed by atoms with E-state index in [1.807, 2.05) is 6.07 Å². The Balaban J connectivity index is 1.91. The molecule has 1 aliphatic rings. The van der Waals surface area contributed by atoms with Gasteiger partial charge in [0.1, 0.15) is 35.5 Å². The van der Waals surface area contributed by atoms with Crippen molar-refractivity contribution in [3.05, 3.63) is 24.2 Å². The fourth-order valence-electron chi connectivity index (χ4n) is 3.48. The lowest BCUT2D eigenvalue weighted by Crippen LogP contribution is -2.45. The molecule has 6 atom stereocenters. The molecule has 1 fully saturated rings. The number of nitrogen functional groups attached to an aromatic ring is 1. The second kappa shape index (κ2) is 8.99. The zero-order chi connectivity index (χ0) is 26.4. The molecule has 0 radical (unpaired) electrons. The average molecular weight is 554 g/mol. The molecule has 190 valence electrons. The minimum Gasteiger partial charge on any atom is -0.388 e. The molecule has 35 heavy (non-hydrogen) atoms. The largest absolute Gasteiger partial charge is 0.490 e. The van der Waals surface area contributed by atoms with E-state index in [0.29, 0.717) is 0 Å². The van der Waals surface area contributed by atoms with Gasteiger partial charge in [-0.25, -0.2) is 23.2 Å². The highest BCUT2D eigenvalue weighted by Crippen LogP contribution is 2.66. The summed E-state index contributed by atoms with van der Waals surface area (Å²) in [5.74, 6) is 0.0285. The Labute approximate surface area is 195 Å². The minimum atomic E-state index is -5.79. The first kappa shape index (κ1) is 27.3. The van der Waals surface area contributed by atoms with Gasteiger partial charge in [-0.2, -0.15) is 24.2 Å². The Morgan fingerprint density at radius 3 is 2.40 bits per heavy atom. The van der Waals surface area contributed by atoms with Crippen molar-refractivity contribution in [3.8, 4) is 12.1 Å². The summed E-state index contributed by atoms with van der Waals surface area (Å²) in [6.07, 6.45) is -2.45. The van der Waals surface area contributed by atoms with E-state index in [0.717, 1.165) is 10.8 Å². The minimum absolute atomic E-state index is 0.0285. The fraction of sp³-hybridized carbons (Fsp3) is 0.429. The molecular weight excluding hydrogens is 537 g/mol. The van der Waals surface area contributed by atoms with E-state index in [9.17, 15) is 39.1 Å². The van der Waals surface area contributed by atoms with Crippen molar-refractivity contribution in [1.29, 1.82) is 10.5 Å². The van der Waals surface area contributed by atoms with Crippen LogP contribution in [0, 0.1) is 28.1 Å². The number of rotatable bonds is 8. The van der Waals surface area contributed by atoms with Gasteiger partial charge in [0.2, 0.25) is 5.60 Å². The predicted octanol–water partition coefficient (Wildman–Crippen LogP) is -0.337. The second-order valence-corrected chi connectivity index (χ2v) is 11.7. The van der Waals surface area contributed by atoms with Gasteiger partial charge in [-0.1, -0.05) is 0 Å². The van der Waals surface area contributed by atoms with Gasteiger partial charge < -0.3 is 35.2 Å². The summed E-state index contributed by atoms with van der Waals surface area (Å²) >= 11 is 0. The first-order valence-electron chi connectivity index (χ1n) is 9.06. The van der Waals surface area contributed by atoms with Gasteiger partial charge >= 0.3 is 23.5 Å². The third-order valence-electron chi connectivity index (χ3n) is 5.05. The molecule has 18 nitrogen and oxygen atoms in total. The molecule has 0 spiro atoms. The molecule has 1 aliphatic heterocycles. The normalized spacial score (nSPS) is 30.3. The zero-order valence-corrected chi connectivity index (χ0v) is 20.0. The number of nitriles is 2. The van der Waals surface area contributed by atoms with Crippen LogP contribution in [0.2, 0.25) is 0 Å². The van der Waals surface area contributed by atoms with Crippen LogP contribution in [0.5, 0.6) is 0 Å². The number of phosphoric ester groups is 1. The highest BCUT2D eigenvalue weighted by molar-refractivity contribution is 7.66. The number of aromatic nitrogens is 3. The maximum atomic E-state index is 12.0. The van der Waals surface area contributed by atoms with Crippen molar-refractivity contribution < 1.29 is 56.3 Å². The summed E-state index contributed by atoms with van der Waals surface area (Å²) < 4.78 is 52.7. The molecular formula is C14H17N6O12P3. The summed E-state index contributed by atoms with van der Waals surface area (Å²) in [7, 11) is -17.0. The van der Waals surface area contributed by atoms with Crippen molar-refractivity contribution in [3.63, 3.8) is 0 Å². The number of fused-ring (bicyclic) bond motifs is 1. The van der Waals surface area contributed by atoms with Gasteiger partial charge in [0.15, 0.2) is 5.82 Å². The summed E-state index contributed by atoms with van der Waals surface area (Å²) in [6.45, 7) is 0.0850. The molecule has 0 aliphatic carbocycles. The molecule has 21 heteroatoms. The van der Waals surface area contributed by atoms with E-state index in [-0.39, 0.29) is 17.0 Å². The Morgan fingerprint density at radius 1 is 1.17 bits per heavy atom. The van der Waals surface area contributed by atoms with Crippen LogP contribution in [0.3, 0.4) is 0 Å². The van der Waals surface area contributed by atoms with Gasteiger partial charge in [0.25, 0.3) is 0 Å². The molecule has 1 saturated heterocycles. The maximum absolute atomic E-state index is 12.0. The fourth-order valence-corrected chi connectivity index (χ4v) is 6.51. The Bertz CT molecular complexity index is 1380. The molecule has 0 amide bonds. The Kier molecular flexibility index (Phi) is 7.02. The van der Waals surface area contributed by atoms with Crippen molar-refractivity contribution in [1.82, 2.24) is 14.6 Å². The number of nitrogens with two attached hydrogens (primary N) is 1. The van der Waals surface area contributed by atoms with Gasteiger partial charge in [0, 0.05) is 0 Å². The van der Waals surface area contributed by atoms with Crippen molar-refractivity contribution >= 4 is 34.8 Å². The number of aliphatic hydroxyl groups excluding tert-OH is 1. The smallest absolute Gasteiger partial charge is 0.388 e. The highest BCUT2D eigenvalue weighted by atomic mass is 31.3. The van der Waals surface area contributed by atoms with Crippen LogP contribution >= 0.6 is 23.5 Å².